The first-order valence-corrected chi connectivity index (χ1v) is 6.47. The lowest BCUT2D eigenvalue weighted by Crippen LogP contribution is -2.32. The van der Waals surface area contributed by atoms with Crippen LogP contribution < -0.4 is 5.32 Å². The molecule has 1 aromatic rings. The van der Waals surface area contributed by atoms with Crippen molar-refractivity contribution in [2.75, 3.05) is 32.2 Å². The van der Waals surface area contributed by atoms with Gasteiger partial charge in [0.05, 0.1) is 5.60 Å². The number of ether oxygens (including phenoxy) is 2. The summed E-state index contributed by atoms with van der Waals surface area (Å²) in [5.74, 6) is 0.886. The highest BCUT2D eigenvalue weighted by molar-refractivity contribution is 5.26. The molecule has 0 bridgehead atoms. The van der Waals surface area contributed by atoms with Gasteiger partial charge in [0.15, 0.2) is 0 Å². The fraction of sp³-hybridized carbons (Fsp3) is 0.769. The predicted molar refractivity (Wildman–Crippen MR) is 72.9 cm³/mol. The number of aromatic nitrogens is 2. The van der Waals surface area contributed by atoms with Crippen molar-refractivity contribution in [3.05, 3.63) is 12.4 Å². The number of nitrogens with one attached hydrogen (secondary N) is 1. The monoisotopic (exact) mass is 255 g/mol. The number of hydrogen-bond acceptors (Lipinski definition) is 4. The summed E-state index contributed by atoms with van der Waals surface area (Å²) < 4.78 is 12.8. The van der Waals surface area contributed by atoms with Crippen LogP contribution in [0.4, 0.5) is 5.95 Å². The van der Waals surface area contributed by atoms with Gasteiger partial charge in [-0.3, -0.25) is 0 Å². The molecule has 1 rings (SSSR count). The quantitative estimate of drug-likeness (QED) is 0.687. The van der Waals surface area contributed by atoms with E-state index in [9.17, 15) is 0 Å². The van der Waals surface area contributed by atoms with Crippen LogP contribution in [0, 0.1) is 0 Å². The van der Waals surface area contributed by atoms with E-state index in [4.69, 9.17) is 9.47 Å². The van der Waals surface area contributed by atoms with Crippen LogP contribution >= 0.6 is 0 Å². The Bertz CT molecular complexity index is 337. The van der Waals surface area contributed by atoms with E-state index in [0.29, 0.717) is 0 Å². The summed E-state index contributed by atoms with van der Waals surface area (Å²) in [6, 6.07) is 0. The first kappa shape index (κ1) is 15.0. The summed E-state index contributed by atoms with van der Waals surface area (Å²) >= 11 is 0. The first-order valence-electron chi connectivity index (χ1n) is 6.47. The summed E-state index contributed by atoms with van der Waals surface area (Å²) in [5.41, 5.74) is -0.192. The zero-order valence-corrected chi connectivity index (χ0v) is 11.9. The minimum absolute atomic E-state index is 0.192. The second-order valence-corrected chi connectivity index (χ2v) is 4.81. The van der Waals surface area contributed by atoms with E-state index < -0.39 is 0 Å². The van der Waals surface area contributed by atoms with Gasteiger partial charge in [-0.2, -0.15) is 0 Å². The summed E-state index contributed by atoms with van der Waals surface area (Å²) in [7, 11) is 1.72. The van der Waals surface area contributed by atoms with Crippen molar-refractivity contribution in [2.24, 2.45) is 0 Å². The summed E-state index contributed by atoms with van der Waals surface area (Å²) in [6.07, 6.45) is 4.78. The van der Waals surface area contributed by atoms with E-state index >= 15 is 0 Å². The molecule has 1 heterocycles. The van der Waals surface area contributed by atoms with Gasteiger partial charge in [-0.15, -0.1) is 0 Å². The van der Waals surface area contributed by atoms with E-state index in [1.807, 2.05) is 33.2 Å². The fourth-order valence-corrected chi connectivity index (χ4v) is 1.50. The van der Waals surface area contributed by atoms with Gasteiger partial charge in [0.1, 0.15) is 0 Å². The molecule has 0 unspecified atom stereocenters. The zero-order valence-electron chi connectivity index (χ0n) is 11.9. The molecule has 0 fully saturated rings. The van der Waals surface area contributed by atoms with Gasteiger partial charge in [0.2, 0.25) is 5.95 Å². The van der Waals surface area contributed by atoms with E-state index in [1.54, 1.807) is 7.11 Å². The average Bonchev–Trinajstić information content (AvgIpc) is 2.80. The second kappa shape index (κ2) is 7.38. The minimum Gasteiger partial charge on any atom is -0.382 e. The number of hydrogen-bond donors (Lipinski definition) is 1. The Morgan fingerprint density at radius 1 is 1.44 bits per heavy atom. The largest absolute Gasteiger partial charge is 0.382 e. The maximum atomic E-state index is 5.37. The van der Waals surface area contributed by atoms with Gasteiger partial charge in [0, 0.05) is 45.8 Å². The van der Waals surface area contributed by atoms with Gasteiger partial charge in [0.25, 0.3) is 0 Å². The Morgan fingerprint density at radius 2 is 2.22 bits per heavy atom. The van der Waals surface area contributed by atoms with Gasteiger partial charge < -0.3 is 19.4 Å². The SMILES string of the molecule is CCOCCCn1ccnc1NCC(C)(C)OC. The average molecular weight is 255 g/mol. The maximum absolute atomic E-state index is 5.37. The highest BCUT2D eigenvalue weighted by atomic mass is 16.5. The van der Waals surface area contributed by atoms with Crippen molar-refractivity contribution in [3.63, 3.8) is 0 Å². The Morgan fingerprint density at radius 3 is 2.89 bits per heavy atom. The molecule has 0 saturated carbocycles. The maximum Gasteiger partial charge on any atom is 0.202 e. The van der Waals surface area contributed by atoms with Crippen molar-refractivity contribution in [1.82, 2.24) is 9.55 Å². The number of aryl methyl sites for hydroxylation is 1. The molecular weight excluding hydrogens is 230 g/mol. The third kappa shape index (κ3) is 5.06. The predicted octanol–water partition coefficient (Wildman–Crippen LogP) is 2.15. The number of anilines is 1. The van der Waals surface area contributed by atoms with Crippen molar-refractivity contribution < 1.29 is 9.47 Å². The van der Waals surface area contributed by atoms with E-state index in [1.165, 1.54) is 0 Å². The van der Waals surface area contributed by atoms with Gasteiger partial charge in [-0.25, -0.2) is 4.98 Å². The molecule has 18 heavy (non-hydrogen) atoms. The number of imidazole rings is 1. The van der Waals surface area contributed by atoms with E-state index in [-0.39, 0.29) is 5.60 Å². The van der Waals surface area contributed by atoms with Crippen molar-refractivity contribution >= 4 is 5.95 Å². The van der Waals surface area contributed by atoms with Crippen LogP contribution in [0.2, 0.25) is 0 Å². The summed E-state index contributed by atoms with van der Waals surface area (Å²) in [4.78, 5) is 4.31. The van der Waals surface area contributed by atoms with Crippen molar-refractivity contribution in [2.45, 2.75) is 39.3 Å². The van der Waals surface area contributed by atoms with E-state index in [0.717, 1.165) is 38.7 Å². The van der Waals surface area contributed by atoms with Crippen LogP contribution in [0.3, 0.4) is 0 Å². The van der Waals surface area contributed by atoms with Gasteiger partial charge in [-0.1, -0.05) is 0 Å². The minimum atomic E-state index is -0.192. The molecule has 0 aromatic carbocycles. The lowest BCUT2D eigenvalue weighted by Gasteiger charge is -2.23. The summed E-state index contributed by atoms with van der Waals surface area (Å²) in [6.45, 7) is 9.30. The molecular formula is C13H25N3O2. The topological polar surface area (TPSA) is 48.3 Å². The van der Waals surface area contributed by atoms with Crippen LogP contribution in [-0.4, -0.2) is 42.0 Å². The molecule has 5 nitrogen and oxygen atoms in total. The standard InChI is InChI=1S/C13H25N3O2/c1-5-18-10-6-8-16-9-7-14-12(16)15-11-13(2,3)17-4/h7,9H,5-6,8,10-11H2,1-4H3,(H,14,15). The normalized spacial score (nSPS) is 11.8. The molecule has 1 aromatic heterocycles. The number of rotatable bonds is 9. The molecule has 0 aliphatic carbocycles. The smallest absolute Gasteiger partial charge is 0.202 e. The van der Waals surface area contributed by atoms with Crippen LogP contribution in [0.5, 0.6) is 0 Å². The summed E-state index contributed by atoms with van der Waals surface area (Å²) in [5, 5.41) is 3.31. The van der Waals surface area contributed by atoms with Crippen LogP contribution in [-0.2, 0) is 16.0 Å². The number of nitrogens with zero attached hydrogens (tertiary/aromatic N) is 2. The Balaban J connectivity index is 2.40. The van der Waals surface area contributed by atoms with Gasteiger partial charge >= 0.3 is 0 Å². The fourth-order valence-electron chi connectivity index (χ4n) is 1.50. The first-order chi connectivity index (χ1) is 8.59. The highest BCUT2D eigenvalue weighted by Crippen LogP contribution is 2.11. The van der Waals surface area contributed by atoms with Crippen LogP contribution in [0.15, 0.2) is 12.4 Å². The molecule has 0 atom stereocenters. The van der Waals surface area contributed by atoms with Crippen LogP contribution in [0.1, 0.15) is 27.2 Å². The molecule has 104 valence electrons. The van der Waals surface area contributed by atoms with E-state index in [2.05, 4.69) is 14.9 Å². The number of methoxy groups -OCH3 is 1. The molecule has 5 heteroatoms. The molecule has 0 spiro atoms. The Kier molecular flexibility index (Phi) is 6.15. The molecule has 1 N–H and O–H groups in total. The molecule has 0 saturated heterocycles. The molecule has 0 amide bonds. The zero-order chi connectivity index (χ0) is 13.4. The molecule has 0 radical (unpaired) electrons. The second-order valence-electron chi connectivity index (χ2n) is 4.81. The Hall–Kier alpha value is -1.07. The third-order valence-electron chi connectivity index (χ3n) is 2.83. The lowest BCUT2D eigenvalue weighted by atomic mass is 10.1. The van der Waals surface area contributed by atoms with Crippen LogP contribution in [0.25, 0.3) is 0 Å². The molecule has 0 aliphatic heterocycles. The van der Waals surface area contributed by atoms with Crippen molar-refractivity contribution in [3.8, 4) is 0 Å². The highest BCUT2D eigenvalue weighted by Gasteiger charge is 2.16. The van der Waals surface area contributed by atoms with Gasteiger partial charge in [-0.05, 0) is 27.2 Å². The van der Waals surface area contributed by atoms with Crippen molar-refractivity contribution in [1.29, 1.82) is 0 Å². The third-order valence-corrected chi connectivity index (χ3v) is 2.83. The Labute approximate surface area is 109 Å². The lowest BCUT2D eigenvalue weighted by molar-refractivity contribution is 0.0342. The molecule has 0 aliphatic rings.